The average Bonchev–Trinajstić information content (AvgIpc) is 2.56. The molecule has 1 fully saturated rings. The lowest BCUT2D eigenvalue weighted by atomic mass is 9.97. The van der Waals surface area contributed by atoms with Gasteiger partial charge in [0.15, 0.2) is 5.96 Å². The minimum Gasteiger partial charge on any atom is -0.369 e. The molecule has 0 bridgehead atoms. The third kappa shape index (κ3) is 8.24. The normalized spacial score (nSPS) is 20.0. The zero-order valence-corrected chi connectivity index (χ0v) is 16.5. The molecule has 0 aromatic heterocycles. The van der Waals surface area contributed by atoms with Crippen LogP contribution < -0.4 is 16.4 Å². The molecule has 1 aliphatic rings. The molecule has 0 aromatic rings. The van der Waals surface area contributed by atoms with Gasteiger partial charge in [-0.3, -0.25) is 9.79 Å². The Morgan fingerprint density at radius 1 is 1.42 bits per heavy atom. The van der Waals surface area contributed by atoms with Crippen LogP contribution in [0.5, 0.6) is 0 Å². The van der Waals surface area contributed by atoms with Crippen molar-refractivity contribution in [3.63, 3.8) is 0 Å². The largest absolute Gasteiger partial charge is 0.369 e. The maximum atomic E-state index is 11.3. The number of nitrogens with two attached hydrogens (primary N) is 1. The van der Waals surface area contributed by atoms with Crippen LogP contribution in [0.25, 0.3) is 0 Å². The number of aliphatic imine (C=N–C) groups is 1. The number of hydrogen-bond acceptors (Lipinski definition) is 4. The van der Waals surface area contributed by atoms with Crippen molar-refractivity contribution in [3.05, 3.63) is 0 Å². The summed E-state index contributed by atoms with van der Waals surface area (Å²) in [6.07, 6.45) is 5.15. The molecular formula is C17H35N5OS. The maximum Gasteiger partial charge on any atom is 0.221 e. The molecule has 1 aliphatic heterocycles. The lowest BCUT2D eigenvalue weighted by Crippen LogP contribution is -2.43. The van der Waals surface area contributed by atoms with Gasteiger partial charge in [0.05, 0.1) is 12.5 Å². The number of primary amides is 1. The number of carbonyl (C=O) groups is 1. The predicted octanol–water partition coefficient (Wildman–Crippen LogP) is 1.27. The van der Waals surface area contributed by atoms with Gasteiger partial charge in [0.25, 0.3) is 0 Å². The van der Waals surface area contributed by atoms with Gasteiger partial charge in [0.1, 0.15) is 0 Å². The number of guanidine groups is 1. The molecule has 4 N–H and O–H groups in total. The molecule has 1 amide bonds. The molecule has 0 radical (unpaired) electrons. The Morgan fingerprint density at radius 2 is 2.17 bits per heavy atom. The number of thioether (sulfide) groups is 1. The molecule has 140 valence electrons. The Balaban J connectivity index is 2.32. The minimum absolute atomic E-state index is 0.0272. The van der Waals surface area contributed by atoms with Crippen molar-refractivity contribution in [2.24, 2.45) is 16.6 Å². The van der Waals surface area contributed by atoms with E-state index in [1.54, 1.807) is 0 Å². The number of hydrogen-bond donors (Lipinski definition) is 3. The van der Waals surface area contributed by atoms with Crippen molar-refractivity contribution in [3.8, 4) is 0 Å². The number of amides is 1. The fraction of sp³-hybridized carbons (Fsp3) is 0.882. The summed E-state index contributed by atoms with van der Waals surface area (Å²) in [5.74, 6) is 0.753. The van der Waals surface area contributed by atoms with E-state index in [-0.39, 0.29) is 16.6 Å². The monoisotopic (exact) mass is 357 g/mol. The van der Waals surface area contributed by atoms with Gasteiger partial charge in [-0.2, -0.15) is 11.8 Å². The van der Waals surface area contributed by atoms with Gasteiger partial charge in [0.2, 0.25) is 5.91 Å². The Bertz CT molecular complexity index is 414. The van der Waals surface area contributed by atoms with E-state index in [1.165, 1.54) is 0 Å². The first-order valence-corrected chi connectivity index (χ1v) is 10.2. The van der Waals surface area contributed by atoms with Crippen molar-refractivity contribution in [2.45, 2.75) is 44.8 Å². The van der Waals surface area contributed by atoms with Crippen molar-refractivity contribution in [2.75, 3.05) is 45.5 Å². The molecule has 0 spiro atoms. The zero-order valence-electron chi connectivity index (χ0n) is 15.7. The van der Waals surface area contributed by atoms with Gasteiger partial charge in [-0.1, -0.05) is 0 Å². The maximum absolute atomic E-state index is 11.3. The molecular weight excluding hydrogens is 322 g/mol. The Morgan fingerprint density at radius 3 is 2.79 bits per heavy atom. The molecule has 0 aliphatic carbocycles. The average molecular weight is 358 g/mol. The van der Waals surface area contributed by atoms with E-state index >= 15 is 0 Å². The first kappa shape index (κ1) is 21.1. The summed E-state index contributed by atoms with van der Waals surface area (Å²) < 4.78 is 0.153. The van der Waals surface area contributed by atoms with Crippen LogP contribution in [0.3, 0.4) is 0 Å². The summed E-state index contributed by atoms with van der Waals surface area (Å²) in [6, 6.07) is 0. The van der Waals surface area contributed by atoms with E-state index in [9.17, 15) is 4.79 Å². The van der Waals surface area contributed by atoms with E-state index in [2.05, 4.69) is 47.6 Å². The van der Waals surface area contributed by atoms with Crippen LogP contribution in [0.15, 0.2) is 4.99 Å². The molecule has 6 nitrogen and oxygen atoms in total. The van der Waals surface area contributed by atoms with Gasteiger partial charge < -0.3 is 21.3 Å². The Kier molecular flexibility index (Phi) is 9.51. The highest BCUT2D eigenvalue weighted by Gasteiger charge is 2.23. The van der Waals surface area contributed by atoms with E-state index in [1.807, 2.05) is 11.8 Å². The van der Waals surface area contributed by atoms with Crippen LogP contribution in [-0.2, 0) is 4.79 Å². The Hall–Kier alpha value is -0.950. The van der Waals surface area contributed by atoms with Gasteiger partial charge in [-0.25, -0.2) is 0 Å². The summed E-state index contributed by atoms with van der Waals surface area (Å²) >= 11 is 1.83. The van der Waals surface area contributed by atoms with E-state index in [0.29, 0.717) is 0 Å². The smallest absolute Gasteiger partial charge is 0.221 e. The minimum atomic E-state index is -0.157. The van der Waals surface area contributed by atoms with Gasteiger partial charge in [-0.15, -0.1) is 0 Å². The number of carbonyl (C=O) groups excluding carboxylic acids is 1. The third-order valence-corrected chi connectivity index (χ3v) is 5.60. The molecule has 1 heterocycles. The summed E-state index contributed by atoms with van der Waals surface area (Å²) in [5, 5.41) is 6.70. The Labute approximate surface area is 151 Å². The molecule has 1 rings (SSSR count). The lowest BCUT2D eigenvalue weighted by molar-refractivity contribution is -0.123. The summed E-state index contributed by atoms with van der Waals surface area (Å²) in [7, 11) is 0. The highest BCUT2D eigenvalue weighted by atomic mass is 32.2. The van der Waals surface area contributed by atoms with Crippen molar-refractivity contribution in [1.82, 2.24) is 15.5 Å². The van der Waals surface area contributed by atoms with E-state index < -0.39 is 0 Å². The zero-order chi connectivity index (χ0) is 18.0. The van der Waals surface area contributed by atoms with Gasteiger partial charge >= 0.3 is 0 Å². The van der Waals surface area contributed by atoms with Crippen LogP contribution in [0.2, 0.25) is 0 Å². The van der Waals surface area contributed by atoms with Gasteiger partial charge in [0, 0.05) is 24.4 Å². The van der Waals surface area contributed by atoms with Gasteiger partial charge in [-0.05, 0) is 59.4 Å². The molecule has 0 saturated carbocycles. The standard InChI is InChI=1S/C17H35N5OS/c1-5-19-16(21-13-17(2,3)24-4)20-9-7-11-22-10-6-8-14(12-22)15(18)23/h14H,5-13H2,1-4H3,(H2,18,23)(H2,19,20,21). The highest BCUT2D eigenvalue weighted by Crippen LogP contribution is 2.21. The summed E-state index contributed by atoms with van der Waals surface area (Å²) in [5.41, 5.74) is 5.43. The van der Waals surface area contributed by atoms with Crippen molar-refractivity contribution < 1.29 is 4.79 Å². The molecule has 1 unspecified atom stereocenters. The predicted molar refractivity (Wildman–Crippen MR) is 105 cm³/mol. The van der Waals surface area contributed by atoms with Crippen LogP contribution in [-0.4, -0.2) is 67.0 Å². The molecule has 7 heteroatoms. The SMILES string of the molecule is CCNC(=NCC(C)(C)SC)NCCCN1CCCC(C(N)=O)C1. The fourth-order valence-corrected chi connectivity index (χ4v) is 2.87. The number of rotatable bonds is 9. The van der Waals surface area contributed by atoms with Crippen LogP contribution in [0.4, 0.5) is 0 Å². The van der Waals surface area contributed by atoms with E-state index in [0.717, 1.165) is 64.5 Å². The number of piperidine rings is 1. The topological polar surface area (TPSA) is 82.8 Å². The third-order valence-electron chi connectivity index (χ3n) is 4.37. The number of nitrogens with zero attached hydrogens (tertiary/aromatic N) is 2. The van der Waals surface area contributed by atoms with Crippen molar-refractivity contribution in [1.29, 1.82) is 0 Å². The number of likely N-dealkylation sites (tertiary alicyclic amines) is 1. The molecule has 0 aromatic carbocycles. The van der Waals surface area contributed by atoms with E-state index in [4.69, 9.17) is 5.73 Å². The molecule has 1 atom stereocenters. The van der Waals surface area contributed by atoms with Crippen molar-refractivity contribution >= 4 is 23.6 Å². The lowest BCUT2D eigenvalue weighted by Gasteiger charge is -2.31. The molecule has 1 saturated heterocycles. The highest BCUT2D eigenvalue weighted by molar-refractivity contribution is 7.99. The quantitative estimate of drug-likeness (QED) is 0.329. The summed E-state index contributed by atoms with van der Waals surface area (Å²) in [6.45, 7) is 11.9. The van der Waals surface area contributed by atoms with Crippen LogP contribution >= 0.6 is 11.8 Å². The fourth-order valence-electron chi connectivity index (χ4n) is 2.68. The first-order valence-electron chi connectivity index (χ1n) is 8.97. The second kappa shape index (κ2) is 10.8. The number of nitrogens with one attached hydrogen (secondary N) is 2. The molecule has 24 heavy (non-hydrogen) atoms. The first-order chi connectivity index (χ1) is 11.4. The van der Waals surface area contributed by atoms with Crippen LogP contribution in [0, 0.1) is 5.92 Å². The summed E-state index contributed by atoms with van der Waals surface area (Å²) in [4.78, 5) is 18.3. The second-order valence-corrected chi connectivity index (χ2v) is 8.49. The van der Waals surface area contributed by atoms with Crippen LogP contribution in [0.1, 0.15) is 40.0 Å². The second-order valence-electron chi connectivity index (χ2n) is 6.98.